The van der Waals surface area contributed by atoms with Gasteiger partial charge in [-0.25, -0.2) is 0 Å². The van der Waals surface area contributed by atoms with E-state index < -0.39 is 0 Å². The third kappa shape index (κ3) is 2.73. The molecule has 0 aliphatic rings. The molecule has 102 valence electrons. The van der Waals surface area contributed by atoms with Gasteiger partial charge in [0.25, 0.3) is 0 Å². The summed E-state index contributed by atoms with van der Waals surface area (Å²) in [6.45, 7) is 0.215. The lowest BCUT2D eigenvalue weighted by Crippen LogP contribution is -3.00. The summed E-state index contributed by atoms with van der Waals surface area (Å²) in [5.74, 6) is 0.0302. The summed E-state index contributed by atoms with van der Waals surface area (Å²) >= 11 is 1.39. The fourth-order valence-electron chi connectivity index (χ4n) is 2.05. The van der Waals surface area contributed by atoms with E-state index in [1.54, 1.807) is 16.7 Å². The Labute approximate surface area is 130 Å². The molecular weight excluding hydrogens is 336 g/mol. The fourth-order valence-corrected chi connectivity index (χ4v) is 2.96. The van der Waals surface area contributed by atoms with Crippen molar-refractivity contribution in [1.29, 1.82) is 5.41 Å². The second-order valence-corrected chi connectivity index (χ2v) is 5.28. The largest absolute Gasteiger partial charge is 1.00 e. The number of ketones is 1. The van der Waals surface area contributed by atoms with Crippen LogP contribution in [0, 0.1) is 5.41 Å². The second-order valence-electron chi connectivity index (χ2n) is 4.25. The van der Waals surface area contributed by atoms with Gasteiger partial charge < -0.3 is 21.5 Å². The minimum atomic E-state index is 0. The number of fused-ring (bicyclic) bond motifs is 1. The number of halogens is 1. The first-order valence-corrected chi connectivity index (χ1v) is 6.78. The number of rotatable bonds is 3. The summed E-state index contributed by atoms with van der Waals surface area (Å²) in [7, 11) is 0. The SMILES string of the molecule is N=c1sc2ccccc2n1CC(=O)c1ccccc1.[Br-]. The van der Waals surface area contributed by atoms with Crippen LogP contribution in [-0.2, 0) is 6.54 Å². The maximum absolute atomic E-state index is 12.2. The van der Waals surface area contributed by atoms with Crippen molar-refractivity contribution in [2.45, 2.75) is 6.54 Å². The first-order valence-electron chi connectivity index (χ1n) is 5.97. The molecule has 0 bridgehead atoms. The number of nitrogens with zero attached hydrogens (tertiary/aromatic N) is 1. The van der Waals surface area contributed by atoms with Gasteiger partial charge in [-0.05, 0) is 12.1 Å². The van der Waals surface area contributed by atoms with E-state index in [2.05, 4.69) is 0 Å². The molecule has 1 N–H and O–H groups in total. The lowest BCUT2D eigenvalue weighted by molar-refractivity contribution is -0.0000118. The molecule has 0 saturated heterocycles. The third-order valence-corrected chi connectivity index (χ3v) is 3.98. The van der Waals surface area contributed by atoms with Crippen molar-refractivity contribution in [2.24, 2.45) is 0 Å². The molecule has 0 radical (unpaired) electrons. The topological polar surface area (TPSA) is 45.9 Å². The molecule has 0 amide bonds. The smallest absolute Gasteiger partial charge is 0.183 e. The molecule has 0 saturated carbocycles. The lowest BCUT2D eigenvalue weighted by Gasteiger charge is -2.04. The molecule has 0 aliphatic heterocycles. The van der Waals surface area contributed by atoms with Crippen LogP contribution in [0.1, 0.15) is 10.4 Å². The lowest BCUT2D eigenvalue weighted by atomic mass is 10.1. The van der Waals surface area contributed by atoms with Gasteiger partial charge in [0.2, 0.25) is 0 Å². The van der Waals surface area contributed by atoms with E-state index in [9.17, 15) is 4.79 Å². The van der Waals surface area contributed by atoms with Crippen LogP contribution in [-0.4, -0.2) is 10.4 Å². The van der Waals surface area contributed by atoms with Crippen LogP contribution in [0.2, 0.25) is 0 Å². The number of thiazole rings is 1. The van der Waals surface area contributed by atoms with E-state index in [1.165, 1.54) is 11.3 Å². The van der Waals surface area contributed by atoms with Crippen LogP contribution in [0.4, 0.5) is 0 Å². The normalized spacial score (nSPS) is 10.2. The summed E-state index contributed by atoms with van der Waals surface area (Å²) in [6, 6.07) is 17.0. The first-order chi connectivity index (χ1) is 9.25. The van der Waals surface area contributed by atoms with Gasteiger partial charge in [-0.3, -0.25) is 10.2 Å². The molecular formula is C15H12BrN2OS-. The van der Waals surface area contributed by atoms with Gasteiger partial charge in [-0.2, -0.15) is 0 Å². The van der Waals surface area contributed by atoms with E-state index in [-0.39, 0.29) is 29.3 Å². The van der Waals surface area contributed by atoms with E-state index in [1.807, 2.05) is 42.5 Å². The van der Waals surface area contributed by atoms with Crippen molar-refractivity contribution >= 4 is 27.3 Å². The minimum Gasteiger partial charge on any atom is -1.00 e. The van der Waals surface area contributed by atoms with Crippen LogP contribution in [0.25, 0.3) is 10.2 Å². The summed E-state index contributed by atoms with van der Waals surface area (Å²) in [4.78, 5) is 12.6. The number of carbonyl (C=O) groups is 1. The number of hydrogen-bond acceptors (Lipinski definition) is 3. The Morgan fingerprint density at radius 2 is 1.70 bits per heavy atom. The molecule has 0 fully saturated rings. The minimum absolute atomic E-state index is 0. The number of benzene rings is 2. The van der Waals surface area contributed by atoms with Gasteiger partial charge in [0, 0.05) is 5.56 Å². The molecule has 1 heterocycles. The Morgan fingerprint density at radius 1 is 1.05 bits per heavy atom. The molecule has 3 rings (SSSR count). The summed E-state index contributed by atoms with van der Waals surface area (Å²) in [6.07, 6.45) is 0. The number of nitrogens with one attached hydrogen (secondary N) is 1. The summed E-state index contributed by atoms with van der Waals surface area (Å²) < 4.78 is 2.79. The average molecular weight is 348 g/mol. The average Bonchev–Trinajstić information content (AvgIpc) is 2.76. The van der Waals surface area contributed by atoms with Gasteiger partial charge in [-0.15, -0.1) is 0 Å². The predicted molar refractivity (Wildman–Crippen MR) is 76.4 cm³/mol. The van der Waals surface area contributed by atoms with Crippen LogP contribution in [0.3, 0.4) is 0 Å². The Kier molecular flexibility index (Phi) is 4.52. The van der Waals surface area contributed by atoms with Gasteiger partial charge in [-0.1, -0.05) is 53.8 Å². The zero-order valence-corrected chi connectivity index (χ0v) is 12.9. The standard InChI is InChI=1S/C15H12N2OS.BrH/c16-15-17(12-8-4-5-9-14(12)19-15)10-13(18)11-6-2-1-3-7-11;/h1-9,16H,10H2;1H/p-1. The highest BCUT2D eigenvalue weighted by atomic mass is 79.9. The molecule has 3 nitrogen and oxygen atoms in total. The molecule has 0 aliphatic carbocycles. The zero-order valence-electron chi connectivity index (χ0n) is 10.5. The van der Waals surface area contributed by atoms with Crippen LogP contribution >= 0.6 is 11.3 Å². The Balaban J connectivity index is 0.00000147. The highest BCUT2D eigenvalue weighted by Crippen LogP contribution is 2.16. The Morgan fingerprint density at radius 3 is 2.45 bits per heavy atom. The molecule has 1 aromatic heterocycles. The maximum Gasteiger partial charge on any atom is 0.183 e. The van der Waals surface area contributed by atoms with Gasteiger partial charge in [0.05, 0.1) is 16.8 Å². The quantitative estimate of drug-likeness (QED) is 0.669. The zero-order chi connectivity index (χ0) is 13.2. The van der Waals surface area contributed by atoms with E-state index in [0.717, 1.165) is 10.2 Å². The van der Waals surface area contributed by atoms with Crippen molar-refractivity contribution in [1.82, 2.24) is 4.57 Å². The molecule has 20 heavy (non-hydrogen) atoms. The van der Waals surface area contributed by atoms with Crippen molar-refractivity contribution in [3.05, 3.63) is 65.0 Å². The summed E-state index contributed by atoms with van der Waals surface area (Å²) in [5.41, 5.74) is 1.63. The number of aromatic nitrogens is 1. The van der Waals surface area contributed by atoms with Crippen LogP contribution in [0.15, 0.2) is 54.6 Å². The van der Waals surface area contributed by atoms with Gasteiger partial charge in [0.1, 0.15) is 0 Å². The molecule has 2 aromatic carbocycles. The highest BCUT2D eigenvalue weighted by molar-refractivity contribution is 7.16. The van der Waals surface area contributed by atoms with E-state index in [4.69, 9.17) is 5.41 Å². The number of carbonyl (C=O) groups excluding carboxylic acids is 1. The third-order valence-electron chi connectivity index (χ3n) is 3.01. The van der Waals surface area contributed by atoms with Crippen LogP contribution < -0.4 is 21.8 Å². The number of Topliss-reactive ketones (excluding diaryl/α,β-unsaturated/α-hetero) is 1. The summed E-state index contributed by atoms with van der Waals surface area (Å²) in [5, 5.41) is 7.98. The van der Waals surface area contributed by atoms with Gasteiger partial charge >= 0.3 is 0 Å². The van der Waals surface area contributed by atoms with E-state index >= 15 is 0 Å². The monoisotopic (exact) mass is 347 g/mol. The fraction of sp³-hybridized carbons (Fsp3) is 0.0667. The first kappa shape index (κ1) is 14.7. The number of para-hydroxylation sites is 1. The van der Waals surface area contributed by atoms with Crippen molar-refractivity contribution in [3.63, 3.8) is 0 Å². The molecule has 5 heteroatoms. The second kappa shape index (κ2) is 6.15. The predicted octanol–water partition coefficient (Wildman–Crippen LogP) is 0.0692. The van der Waals surface area contributed by atoms with Crippen molar-refractivity contribution in [2.75, 3.05) is 0 Å². The van der Waals surface area contributed by atoms with Crippen molar-refractivity contribution in [3.8, 4) is 0 Å². The highest BCUT2D eigenvalue weighted by Gasteiger charge is 2.10. The molecule has 0 unspecified atom stereocenters. The van der Waals surface area contributed by atoms with Crippen molar-refractivity contribution < 1.29 is 21.8 Å². The molecule has 0 spiro atoms. The van der Waals surface area contributed by atoms with Crippen LogP contribution in [0.5, 0.6) is 0 Å². The van der Waals surface area contributed by atoms with E-state index in [0.29, 0.717) is 10.4 Å². The molecule has 0 atom stereocenters. The number of hydrogen-bond donors (Lipinski definition) is 1. The Hall–Kier alpha value is -1.72. The Bertz CT molecular complexity index is 792. The van der Waals surface area contributed by atoms with Gasteiger partial charge in [0.15, 0.2) is 10.6 Å². The molecule has 3 aromatic rings. The maximum atomic E-state index is 12.2.